The Bertz CT molecular complexity index is 170. The van der Waals surface area contributed by atoms with Gasteiger partial charge in [-0.05, 0) is 38.0 Å². The molecule has 1 saturated carbocycles. The van der Waals surface area contributed by atoms with Gasteiger partial charge in [0, 0.05) is 6.04 Å². The number of hydrogen-bond acceptors (Lipinski definition) is 1. The van der Waals surface area contributed by atoms with Crippen LogP contribution >= 0.6 is 0 Å². The Morgan fingerprint density at radius 3 is 2.79 bits per heavy atom. The van der Waals surface area contributed by atoms with Gasteiger partial charge in [0.05, 0.1) is 0 Å². The van der Waals surface area contributed by atoms with Gasteiger partial charge in [0.2, 0.25) is 0 Å². The minimum absolute atomic E-state index is 0.104. The maximum absolute atomic E-state index is 14.2. The Kier molecular flexibility index (Phi) is 4.36. The summed E-state index contributed by atoms with van der Waals surface area (Å²) < 4.78 is 14.2. The van der Waals surface area contributed by atoms with E-state index in [2.05, 4.69) is 13.8 Å². The molecule has 0 saturated heterocycles. The predicted octanol–water partition coefficient (Wildman–Crippen LogP) is 3.42. The molecule has 1 nitrogen and oxygen atoms in total. The van der Waals surface area contributed by atoms with Crippen LogP contribution < -0.4 is 5.73 Å². The second-order valence-corrected chi connectivity index (χ2v) is 5.29. The normalized spacial score (nSPS) is 33.6. The highest BCUT2D eigenvalue weighted by Crippen LogP contribution is 2.35. The van der Waals surface area contributed by atoms with Crippen LogP contribution in [-0.2, 0) is 0 Å². The molecule has 2 unspecified atom stereocenters. The summed E-state index contributed by atoms with van der Waals surface area (Å²) in [6.07, 6.45) is 6.18. The van der Waals surface area contributed by atoms with Crippen LogP contribution in [0.3, 0.4) is 0 Å². The van der Waals surface area contributed by atoms with E-state index in [9.17, 15) is 4.39 Å². The zero-order valence-electron chi connectivity index (χ0n) is 9.56. The Hall–Kier alpha value is -0.110. The van der Waals surface area contributed by atoms with Crippen molar-refractivity contribution < 1.29 is 4.39 Å². The van der Waals surface area contributed by atoms with Gasteiger partial charge in [-0.3, -0.25) is 0 Å². The van der Waals surface area contributed by atoms with E-state index in [1.165, 1.54) is 0 Å². The van der Waals surface area contributed by atoms with Gasteiger partial charge in [-0.25, -0.2) is 4.39 Å². The van der Waals surface area contributed by atoms with Crippen LogP contribution in [0.15, 0.2) is 0 Å². The zero-order chi connectivity index (χ0) is 10.6. The lowest BCUT2D eigenvalue weighted by atomic mass is 9.80. The summed E-state index contributed by atoms with van der Waals surface area (Å²) >= 11 is 0. The van der Waals surface area contributed by atoms with Crippen LogP contribution in [0.2, 0.25) is 0 Å². The summed E-state index contributed by atoms with van der Waals surface area (Å²) in [4.78, 5) is 0. The fraction of sp³-hybridized carbons (Fsp3) is 1.00. The first-order valence-electron chi connectivity index (χ1n) is 5.96. The highest BCUT2D eigenvalue weighted by Gasteiger charge is 2.34. The molecule has 2 atom stereocenters. The molecule has 1 aliphatic rings. The fourth-order valence-corrected chi connectivity index (χ4v) is 2.41. The van der Waals surface area contributed by atoms with Crippen molar-refractivity contribution in [3.05, 3.63) is 0 Å². The van der Waals surface area contributed by atoms with Crippen molar-refractivity contribution in [1.82, 2.24) is 0 Å². The van der Waals surface area contributed by atoms with E-state index in [0.29, 0.717) is 12.3 Å². The molecule has 1 rings (SSSR count). The highest BCUT2D eigenvalue weighted by atomic mass is 19.1. The van der Waals surface area contributed by atoms with Crippen molar-refractivity contribution in [2.75, 3.05) is 0 Å². The van der Waals surface area contributed by atoms with E-state index in [-0.39, 0.29) is 6.04 Å². The van der Waals surface area contributed by atoms with Crippen LogP contribution in [-0.4, -0.2) is 11.7 Å². The molecule has 0 aromatic heterocycles. The molecule has 2 N–H and O–H groups in total. The molecule has 1 fully saturated rings. The first kappa shape index (κ1) is 12.0. The molecule has 1 aliphatic carbocycles. The van der Waals surface area contributed by atoms with Gasteiger partial charge in [-0.2, -0.15) is 0 Å². The van der Waals surface area contributed by atoms with Gasteiger partial charge in [0.15, 0.2) is 0 Å². The minimum Gasteiger partial charge on any atom is -0.328 e. The fourth-order valence-electron chi connectivity index (χ4n) is 2.41. The maximum Gasteiger partial charge on any atom is 0.112 e. The maximum atomic E-state index is 14.2. The number of rotatable bonds is 4. The van der Waals surface area contributed by atoms with Crippen molar-refractivity contribution in [2.24, 2.45) is 11.7 Å². The number of nitrogens with two attached hydrogens (primary N) is 1. The third-order valence-corrected chi connectivity index (χ3v) is 3.23. The SMILES string of the molecule is CC(C)CCCC1(F)CCCC(N)C1. The first-order valence-corrected chi connectivity index (χ1v) is 5.96. The largest absolute Gasteiger partial charge is 0.328 e. The molecular weight excluding hydrogens is 177 g/mol. The molecule has 84 valence electrons. The number of hydrogen-bond donors (Lipinski definition) is 1. The van der Waals surface area contributed by atoms with Crippen LogP contribution in [0, 0.1) is 5.92 Å². The highest BCUT2D eigenvalue weighted by molar-refractivity contribution is 4.88. The quantitative estimate of drug-likeness (QED) is 0.741. The second kappa shape index (κ2) is 5.11. The Balaban J connectivity index is 2.26. The van der Waals surface area contributed by atoms with Crippen molar-refractivity contribution in [1.29, 1.82) is 0 Å². The average Bonchev–Trinajstić information content (AvgIpc) is 2.01. The van der Waals surface area contributed by atoms with E-state index < -0.39 is 5.67 Å². The summed E-state index contributed by atoms with van der Waals surface area (Å²) in [6, 6.07) is 0.104. The van der Waals surface area contributed by atoms with E-state index in [4.69, 9.17) is 5.73 Å². The third kappa shape index (κ3) is 3.95. The van der Waals surface area contributed by atoms with Crippen LogP contribution in [0.1, 0.15) is 58.8 Å². The Morgan fingerprint density at radius 1 is 1.50 bits per heavy atom. The lowest BCUT2D eigenvalue weighted by Crippen LogP contribution is -2.37. The van der Waals surface area contributed by atoms with Crippen molar-refractivity contribution in [3.8, 4) is 0 Å². The average molecular weight is 201 g/mol. The molecule has 0 heterocycles. The molecule has 2 heteroatoms. The van der Waals surface area contributed by atoms with E-state index in [1.54, 1.807) is 0 Å². The summed E-state index contributed by atoms with van der Waals surface area (Å²) in [5.41, 5.74) is 4.86. The first-order chi connectivity index (χ1) is 6.52. The monoisotopic (exact) mass is 201 g/mol. The lowest BCUT2D eigenvalue weighted by Gasteiger charge is -2.33. The van der Waals surface area contributed by atoms with Gasteiger partial charge >= 0.3 is 0 Å². The van der Waals surface area contributed by atoms with Gasteiger partial charge in [0.25, 0.3) is 0 Å². The number of alkyl halides is 1. The smallest absolute Gasteiger partial charge is 0.112 e. The van der Waals surface area contributed by atoms with Gasteiger partial charge in [-0.15, -0.1) is 0 Å². The standard InChI is InChI=1S/C12H24FN/c1-10(2)5-3-7-12(13)8-4-6-11(14)9-12/h10-11H,3-9,14H2,1-2H3. The van der Waals surface area contributed by atoms with E-state index >= 15 is 0 Å². The summed E-state index contributed by atoms with van der Waals surface area (Å²) in [5.74, 6) is 0.691. The topological polar surface area (TPSA) is 26.0 Å². The summed E-state index contributed by atoms with van der Waals surface area (Å²) in [6.45, 7) is 4.38. The van der Waals surface area contributed by atoms with Gasteiger partial charge in [0.1, 0.15) is 5.67 Å². The van der Waals surface area contributed by atoms with Crippen molar-refractivity contribution in [3.63, 3.8) is 0 Å². The zero-order valence-corrected chi connectivity index (χ0v) is 9.56. The van der Waals surface area contributed by atoms with Gasteiger partial charge in [-0.1, -0.05) is 26.7 Å². The van der Waals surface area contributed by atoms with Gasteiger partial charge < -0.3 is 5.73 Å². The molecule has 14 heavy (non-hydrogen) atoms. The molecule has 0 bridgehead atoms. The Morgan fingerprint density at radius 2 is 2.21 bits per heavy atom. The summed E-state index contributed by atoms with van der Waals surface area (Å²) in [7, 11) is 0. The molecule has 0 spiro atoms. The number of halogens is 1. The molecule has 0 radical (unpaired) electrons. The lowest BCUT2D eigenvalue weighted by molar-refractivity contribution is 0.0820. The Labute approximate surface area is 87.3 Å². The van der Waals surface area contributed by atoms with Crippen molar-refractivity contribution >= 4 is 0 Å². The molecule has 0 aromatic rings. The second-order valence-electron chi connectivity index (χ2n) is 5.29. The minimum atomic E-state index is -0.938. The van der Waals surface area contributed by atoms with Crippen LogP contribution in [0.25, 0.3) is 0 Å². The van der Waals surface area contributed by atoms with Crippen LogP contribution in [0.4, 0.5) is 4.39 Å². The van der Waals surface area contributed by atoms with E-state index in [0.717, 1.165) is 38.5 Å². The van der Waals surface area contributed by atoms with E-state index in [1.807, 2.05) is 0 Å². The molecule has 0 aliphatic heterocycles. The molecular formula is C12H24FN. The van der Waals surface area contributed by atoms with Crippen molar-refractivity contribution in [2.45, 2.75) is 70.5 Å². The molecule has 0 aromatic carbocycles. The van der Waals surface area contributed by atoms with Crippen LogP contribution in [0.5, 0.6) is 0 Å². The molecule has 0 amide bonds. The predicted molar refractivity (Wildman–Crippen MR) is 59.0 cm³/mol. The summed E-state index contributed by atoms with van der Waals surface area (Å²) in [5, 5.41) is 0. The third-order valence-electron chi connectivity index (χ3n) is 3.23.